The van der Waals surface area contributed by atoms with Crippen molar-refractivity contribution in [3.63, 3.8) is 0 Å². The first-order valence-electron chi connectivity index (χ1n) is 10.2. The zero-order chi connectivity index (χ0) is 21.7. The second-order valence-corrected chi connectivity index (χ2v) is 9.74. The van der Waals surface area contributed by atoms with E-state index >= 15 is 0 Å². The maximum atomic E-state index is 12.7. The maximum absolute atomic E-state index is 12.7. The molecule has 0 bridgehead atoms. The van der Waals surface area contributed by atoms with E-state index in [0.717, 1.165) is 24.9 Å². The maximum Gasteiger partial charge on any atom is 0.243 e. The van der Waals surface area contributed by atoms with Gasteiger partial charge in [-0.1, -0.05) is 12.1 Å². The fraction of sp³-hybridized carbons (Fsp3) is 0.600. The van der Waals surface area contributed by atoms with Crippen LogP contribution in [-0.4, -0.2) is 93.9 Å². The first-order valence-corrected chi connectivity index (χ1v) is 11.6. The Balaban J connectivity index is 1.52. The molecule has 0 radical (unpaired) electrons. The van der Waals surface area contributed by atoms with Crippen LogP contribution in [0.2, 0.25) is 0 Å². The number of morpholine rings is 1. The Labute approximate surface area is 178 Å². The highest BCUT2D eigenvalue weighted by molar-refractivity contribution is 7.89. The minimum Gasteiger partial charge on any atom is -0.379 e. The van der Waals surface area contributed by atoms with Crippen molar-refractivity contribution in [2.75, 3.05) is 53.5 Å². The van der Waals surface area contributed by atoms with Crippen LogP contribution in [0.1, 0.15) is 18.4 Å². The summed E-state index contributed by atoms with van der Waals surface area (Å²) >= 11 is 0. The minimum atomic E-state index is -3.52. The van der Waals surface area contributed by atoms with Gasteiger partial charge in [-0.25, -0.2) is 8.42 Å². The van der Waals surface area contributed by atoms with Gasteiger partial charge in [0.25, 0.3) is 0 Å². The molecule has 0 aliphatic carbocycles. The summed E-state index contributed by atoms with van der Waals surface area (Å²) in [5.41, 5.74) is 0.812. The highest BCUT2D eigenvalue weighted by Gasteiger charge is 2.32. The van der Waals surface area contributed by atoms with E-state index in [1.165, 1.54) is 4.31 Å². The largest absolute Gasteiger partial charge is 0.379 e. The van der Waals surface area contributed by atoms with Gasteiger partial charge in [-0.2, -0.15) is 4.31 Å². The van der Waals surface area contributed by atoms with E-state index in [9.17, 15) is 18.0 Å². The average Bonchev–Trinajstić information content (AvgIpc) is 3.20. The number of carbonyl (C=O) groups excluding carboxylic acids is 2. The zero-order valence-electron chi connectivity index (χ0n) is 17.5. The Bertz CT molecular complexity index is 850. The van der Waals surface area contributed by atoms with Gasteiger partial charge in [-0.05, 0) is 37.1 Å². The van der Waals surface area contributed by atoms with Crippen molar-refractivity contribution in [3.05, 3.63) is 29.8 Å². The second-order valence-electron chi connectivity index (χ2n) is 7.80. The van der Waals surface area contributed by atoms with Crippen LogP contribution < -0.4 is 5.32 Å². The second kappa shape index (κ2) is 9.86. The van der Waals surface area contributed by atoms with Crippen molar-refractivity contribution < 1.29 is 22.7 Å². The van der Waals surface area contributed by atoms with Gasteiger partial charge in [0.05, 0.1) is 30.7 Å². The standard InChI is InChI=1S/C20H30N4O5S/c1-22(2)20(26)18-4-3-9-23(18)15-19(25)21-14-16-5-7-17(8-6-16)30(27,28)24-10-12-29-13-11-24/h5-8,18H,3-4,9-15H2,1-2H3,(H,21,25)/t18-/m1/s1. The number of amides is 2. The third-order valence-electron chi connectivity index (χ3n) is 5.46. The number of likely N-dealkylation sites (N-methyl/N-ethyl adjacent to an activating group) is 1. The molecule has 1 aromatic carbocycles. The van der Waals surface area contributed by atoms with Gasteiger partial charge < -0.3 is 15.0 Å². The molecular formula is C20H30N4O5S. The van der Waals surface area contributed by atoms with E-state index in [2.05, 4.69) is 5.32 Å². The van der Waals surface area contributed by atoms with Crippen LogP contribution in [0.25, 0.3) is 0 Å². The van der Waals surface area contributed by atoms with Crippen LogP contribution in [0.3, 0.4) is 0 Å². The van der Waals surface area contributed by atoms with Crippen LogP contribution in [-0.2, 0) is 30.9 Å². The predicted octanol–water partition coefficient (Wildman–Crippen LogP) is -0.124. The van der Waals surface area contributed by atoms with Crippen molar-refractivity contribution in [2.45, 2.75) is 30.3 Å². The molecule has 1 atom stereocenters. The molecule has 2 amide bonds. The molecule has 9 nitrogen and oxygen atoms in total. The molecule has 30 heavy (non-hydrogen) atoms. The van der Waals surface area contributed by atoms with Gasteiger partial charge in [-0.3, -0.25) is 14.5 Å². The van der Waals surface area contributed by atoms with Gasteiger partial charge in [-0.15, -0.1) is 0 Å². The Morgan fingerprint density at radius 2 is 1.80 bits per heavy atom. The molecule has 3 rings (SSSR count). The number of hydrogen-bond acceptors (Lipinski definition) is 6. The van der Waals surface area contributed by atoms with E-state index in [-0.39, 0.29) is 29.3 Å². The lowest BCUT2D eigenvalue weighted by atomic mass is 10.2. The number of ether oxygens (including phenoxy) is 1. The van der Waals surface area contributed by atoms with Crippen molar-refractivity contribution in [1.82, 2.24) is 19.4 Å². The molecule has 2 aliphatic heterocycles. The quantitative estimate of drug-likeness (QED) is 0.637. The Hall–Kier alpha value is -2.01. The van der Waals surface area contributed by atoms with Crippen LogP contribution in [0.5, 0.6) is 0 Å². The molecule has 0 saturated carbocycles. The van der Waals surface area contributed by atoms with Crippen molar-refractivity contribution >= 4 is 21.8 Å². The summed E-state index contributed by atoms with van der Waals surface area (Å²) in [5, 5.41) is 2.85. The molecule has 166 valence electrons. The summed E-state index contributed by atoms with van der Waals surface area (Å²) in [6.07, 6.45) is 1.67. The summed E-state index contributed by atoms with van der Waals surface area (Å²) in [7, 11) is -0.0757. The average molecular weight is 439 g/mol. The van der Waals surface area contributed by atoms with Crippen LogP contribution in [0.15, 0.2) is 29.2 Å². The van der Waals surface area contributed by atoms with Gasteiger partial charge in [0.1, 0.15) is 0 Å². The minimum absolute atomic E-state index is 0.0253. The Morgan fingerprint density at radius 3 is 2.43 bits per heavy atom. The molecule has 2 fully saturated rings. The lowest BCUT2D eigenvalue weighted by Crippen LogP contribution is -2.46. The summed E-state index contributed by atoms with van der Waals surface area (Å²) in [4.78, 5) is 28.3. The molecule has 2 aliphatic rings. The normalized spacial score (nSPS) is 20.8. The number of benzene rings is 1. The third kappa shape index (κ3) is 5.37. The Morgan fingerprint density at radius 1 is 1.13 bits per heavy atom. The zero-order valence-corrected chi connectivity index (χ0v) is 18.4. The molecular weight excluding hydrogens is 408 g/mol. The predicted molar refractivity (Wildman–Crippen MR) is 111 cm³/mol. The molecule has 0 unspecified atom stereocenters. The molecule has 0 spiro atoms. The van der Waals surface area contributed by atoms with E-state index in [1.807, 2.05) is 4.90 Å². The molecule has 1 N–H and O–H groups in total. The van der Waals surface area contributed by atoms with Crippen LogP contribution >= 0.6 is 0 Å². The van der Waals surface area contributed by atoms with Crippen LogP contribution in [0.4, 0.5) is 0 Å². The molecule has 2 heterocycles. The topological polar surface area (TPSA) is 99.3 Å². The fourth-order valence-electron chi connectivity index (χ4n) is 3.75. The van der Waals surface area contributed by atoms with E-state index < -0.39 is 10.0 Å². The van der Waals surface area contributed by atoms with Crippen molar-refractivity contribution in [1.29, 1.82) is 0 Å². The number of hydrogen-bond donors (Lipinski definition) is 1. The molecule has 0 aromatic heterocycles. The highest BCUT2D eigenvalue weighted by Crippen LogP contribution is 2.19. The van der Waals surface area contributed by atoms with Crippen molar-refractivity contribution in [2.24, 2.45) is 0 Å². The smallest absolute Gasteiger partial charge is 0.243 e. The van der Waals surface area contributed by atoms with Gasteiger partial charge in [0.2, 0.25) is 21.8 Å². The monoisotopic (exact) mass is 438 g/mol. The van der Waals surface area contributed by atoms with Gasteiger partial charge in [0, 0.05) is 33.7 Å². The fourth-order valence-corrected chi connectivity index (χ4v) is 5.16. The van der Waals surface area contributed by atoms with Gasteiger partial charge in [0.15, 0.2) is 0 Å². The first-order chi connectivity index (χ1) is 14.3. The number of rotatable bonds is 7. The van der Waals surface area contributed by atoms with Crippen molar-refractivity contribution in [3.8, 4) is 0 Å². The number of carbonyl (C=O) groups is 2. The summed E-state index contributed by atoms with van der Waals surface area (Å²) in [5.74, 6) is -0.129. The lowest BCUT2D eigenvalue weighted by molar-refractivity contribution is -0.134. The number of likely N-dealkylation sites (tertiary alicyclic amines) is 1. The van der Waals surface area contributed by atoms with E-state index in [1.54, 1.807) is 43.3 Å². The van der Waals surface area contributed by atoms with E-state index in [4.69, 9.17) is 4.74 Å². The number of sulfonamides is 1. The van der Waals surface area contributed by atoms with E-state index in [0.29, 0.717) is 32.8 Å². The highest BCUT2D eigenvalue weighted by atomic mass is 32.2. The molecule has 2 saturated heterocycles. The Kier molecular flexibility index (Phi) is 7.45. The van der Waals surface area contributed by atoms with Crippen LogP contribution in [0, 0.1) is 0 Å². The van der Waals surface area contributed by atoms with Gasteiger partial charge >= 0.3 is 0 Å². The summed E-state index contributed by atoms with van der Waals surface area (Å²) < 4.78 is 31.9. The number of nitrogens with zero attached hydrogens (tertiary/aromatic N) is 3. The lowest BCUT2D eigenvalue weighted by Gasteiger charge is -2.26. The summed E-state index contributed by atoms with van der Waals surface area (Å²) in [6.45, 7) is 2.72. The SMILES string of the molecule is CN(C)C(=O)[C@H]1CCCN1CC(=O)NCc1ccc(S(=O)(=O)N2CCOCC2)cc1. The molecule has 10 heteroatoms. The first kappa shape index (κ1) is 22.7. The molecule has 1 aromatic rings. The third-order valence-corrected chi connectivity index (χ3v) is 7.37. The summed E-state index contributed by atoms with van der Waals surface area (Å²) in [6, 6.07) is 6.32. The number of nitrogens with one attached hydrogen (secondary N) is 1.